The van der Waals surface area contributed by atoms with Crippen LogP contribution in [0.5, 0.6) is 0 Å². The Labute approximate surface area is 90.5 Å². The summed E-state index contributed by atoms with van der Waals surface area (Å²) in [6.45, 7) is 0.653. The second-order valence-electron chi connectivity index (χ2n) is 4.03. The van der Waals surface area contributed by atoms with Crippen molar-refractivity contribution >= 4 is 12.6 Å². The Bertz CT molecular complexity index is 184. The maximum atomic E-state index is 5.70. The number of hydrogen-bond acceptors (Lipinski definition) is 4. The second-order valence-corrected chi connectivity index (χ2v) is 4.60. The highest BCUT2D eigenvalue weighted by Crippen LogP contribution is 2.27. The van der Waals surface area contributed by atoms with E-state index >= 15 is 0 Å². The molecule has 1 saturated heterocycles. The molecular formula is C10H18O3S. The van der Waals surface area contributed by atoms with Gasteiger partial charge in [-0.1, -0.05) is 0 Å². The molecule has 3 atom stereocenters. The molecule has 2 aliphatic rings. The normalized spacial score (nSPS) is 38.6. The van der Waals surface area contributed by atoms with Gasteiger partial charge in [0.05, 0.1) is 18.8 Å². The molecule has 0 radical (unpaired) electrons. The van der Waals surface area contributed by atoms with Crippen molar-refractivity contribution in [2.24, 2.45) is 0 Å². The highest BCUT2D eigenvalue weighted by molar-refractivity contribution is 7.80. The highest BCUT2D eigenvalue weighted by Gasteiger charge is 2.34. The lowest BCUT2D eigenvalue weighted by atomic mass is 9.96. The molecule has 82 valence electrons. The SMILES string of the molecule is COC1C[C@H](S)O[C@@H]1COC1CCC1. The molecule has 2 rings (SSSR count). The van der Waals surface area contributed by atoms with Crippen molar-refractivity contribution in [1.82, 2.24) is 0 Å². The minimum Gasteiger partial charge on any atom is -0.379 e. The lowest BCUT2D eigenvalue weighted by Gasteiger charge is -2.27. The van der Waals surface area contributed by atoms with Gasteiger partial charge in [0.1, 0.15) is 11.5 Å². The molecule has 3 nitrogen and oxygen atoms in total. The summed E-state index contributed by atoms with van der Waals surface area (Å²) in [4.78, 5) is 0. The van der Waals surface area contributed by atoms with Crippen LogP contribution in [-0.4, -0.2) is 37.5 Å². The average molecular weight is 218 g/mol. The first-order valence-electron chi connectivity index (χ1n) is 5.27. The van der Waals surface area contributed by atoms with E-state index in [0.29, 0.717) is 12.7 Å². The lowest BCUT2D eigenvalue weighted by molar-refractivity contribution is -0.0801. The Balaban J connectivity index is 1.72. The van der Waals surface area contributed by atoms with Crippen molar-refractivity contribution in [3.63, 3.8) is 0 Å². The lowest BCUT2D eigenvalue weighted by Crippen LogP contribution is -2.32. The maximum Gasteiger partial charge on any atom is 0.109 e. The van der Waals surface area contributed by atoms with Gasteiger partial charge in [-0.25, -0.2) is 0 Å². The van der Waals surface area contributed by atoms with Crippen LogP contribution in [0, 0.1) is 0 Å². The fraction of sp³-hybridized carbons (Fsp3) is 1.00. The van der Waals surface area contributed by atoms with Crippen LogP contribution in [0.2, 0.25) is 0 Å². The first-order valence-corrected chi connectivity index (χ1v) is 5.79. The molecule has 2 fully saturated rings. The molecule has 4 heteroatoms. The third kappa shape index (κ3) is 2.42. The number of methoxy groups -OCH3 is 1. The number of ether oxygens (including phenoxy) is 3. The summed E-state index contributed by atoms with van der Waals surface area (Å²) < 4.78 is 16.6. The van der Waals surface area contributed by atoms with Gasteiger partial charge in [-0.15, -0.1) is 12.6 Å². The number of hydrogen-bond donors (Lipinski definition) is 1. The molecule has 0 spiro atoms. The van der Waals surface area contributed by atoms with E-state index < -0.39 is 0 Å². The minimum absolute atomic E-state index is 0.00920. The zero-order valence-electron chi connectivity index (χ0n) is 8.52. The van der Waals surface area contributed by atoms with Gasteiger partial charge >= 0.3 is 0 Å². The van der Waals surface area contributed by atoms with Crippen molar-refractivity contribution in [3.05, 3.63) is 0 Å². The van der Waals surface area contributed by atoms with E-state index in [2.05, 4.69) is 12.6 Å². The molecule has 1 aliphatic heterocycles. The van der Waals surface area contributed by atoms with E-state index in [1.54, 1.807) is 7.11 Å². The van der Waals surface area contributed by atoms with Crippen LogP contribution in [-0.2, 0) is 14.2 Å². The van der Waals surface area contributed by atoms with Gasteiger partial charge < -0.3 is 14.2 Å². The molecule has 1 heterocycles. The Morgan fingerprint density at radius 1 is 1.43 bits per heavy atom. The van der Waals surface area contributed by atoms with E-state index in [9.17, 15) is 0 Å². The fourth-order valence-electron chi connectivity index (χ4n) is 1.86. The molecular weight excluding hydrogens is 200 g/mol. The van der Waals surface area contributed by atoms with E-state index in [1.807, 2.05) is 0 Å². The van der Waals surface area contributed by atoms with Crippen molar-refractivity contribution in [2.75, 3.05) is 13.7 Å². The van der Waals surface area contributed by atoms with Crippen LogP contribution >= 0.6 is 12.6 Å². The highest BCUT2D eigenvalue weighted by atomic mass is 32.1. The number of rotatable bonds is 4. The smallest absolute Gasteiger partial charge is 0.109 e. The molecule has 0 bridgehead atoms. The molecule has 0 N–H and O–H groups in total. The molecule has 0 aromatic heterocycles. The van der Waals surface area contributed by atoms with E-state index in [0.717, 1.165) is 6.42 Å². The maximum absolute atomic E-state index is 5.70. The molecule has 14 heavy (non-hydrogen) atoms. The van der Waals surface area contributed by atoms with Crippen molar-refractivity contribution < 1.29 is 14.2 Å². The Kier molecular flexibility index (Phi) is 3.71. The Morgan fingerprint density at radius 2 is 2.21 bits per heavy atom. The molecule has 1 saturated carbocycles. The summed E-state index contributed by atoms with van der Waals surface area (Å²) in [7, 11) is 1.72. The average Bonchev–Trinajstić information content (AvgIpc) is 2.43. The minimum atomic E-state index is 0.00920. The Morgan fingerprint density at radius 3 is 2.79 bits per heavy atom. The van der Waals surface area contributed by atoms with Gasteiger partial charge in [0.2, 0.25) is 0 Å². The van der Waals surface area contributed by atoms with Crippen LogP contribution in [0.1, 0.15) is 25.7 Å². The second kappa shape index (κ2) is 4.84. The summed E-state index contributed by atoms with van der Waals surface area (Å²) in [6.07, 6.45) is 5.26. The third-order valence-electron chi connectivity index (χ3n) is 3.03. The van der Waals surface area contributed by atoms with Gasteiger partial charge in [0.15, 0.2) is 0 Å². The largest absolute Gasteiger partial charge is 0.379 e. The van der Waals surface area contributed by atoms with E-state index in [-0.39, 0.29) is 17.6 Å². The van der Waals surface area contributed by atoms with Gasteiger partial charge in [0, 0.05) is 13.5 Å². The monoisotopic (exact) mass is 218 g/mol. The molecule has 0 amide bonds. The first kappa shape index (κ1) is 10.7. The van der Waals surface area contributed by atoms with Gasteiger partial charge in [0.25, 0.3) is 0 Å². The van der Waals surface area contributed by atoms with Gasteiger partial charge in [-0.05, 0) is 19.3 Å². The van der Waals surface area contributed by atoms with Crippen LogP contribution in [0.15, 0.2) is 0 Å². The van der Waals surface area contributed by atoms with Crippen molar-refractivity contribution in [1.29, 1.82) is 0 Å². The summed E-state index contributed by atoms with van der Waals surface area (Å²) in [5.74, 6) is 0. The fourth-order valence-corrected chi connectivity index (χ4v) is 2.22. The third-order valence-corrected chi connectivity index (χ3v) is 3.36. The molecule has 0 aromatic carbocycles. The van der Waals surface area contributed by atoms with Crippen molar-refractivity contribution in [3.8, 4) is 0 Å². The first-order chi connectivity index (χ1) is 6.79. The van der Waals surface area contributed by atoms with Gasteiger partial charge in [-0.2, -0.15) is 0 Å². The topological polar surface area (TPSA) is 27.7 Å². The zero-order chi connectivity index (χ0) is 9.97. The van der Waals surface area contributed by atoms with Crippen LogP contribution in [0.25, 0.3) is 0 Å². The molecule has 1 unspecified atom stereocenters. The van der Waals surface area contributed by atoms with Crippen LogP contribution in [0.4, 0.5) is 0 Å². The zero-order valence-corrected chi connectivity index (χ0v) is 9.41. The molecule has 1 aliphatic carbocycles. The summed E-state index contributed by atoms with van der Waals surface area (Å²) >= 11 is 4.29. The molecule has 0 aromatic rings. The van der Waals surface area contributed by atoms with Crippen LogP contribution in [0.3, 0.4) is 0 Å². The quantitative estimate of drug-likeness (QED) is 0.727. The van der Waals surface area contributed by atoms with Gasteiger partial charge in [-0.3, -0.25) is 0 Å². The predicted octanol–water partition coefficient (Wildman–Crippen LogP) is 1.62. The van der Waals surface area contributed by atoms with E-state index in [4.69, 9.17) is 14.2 Å². The Hall–Kier alpha value is 0.230. The summed E-state index contributed by atoms with van der Waals surface area (Å²) in [6, 6.07) is 0. The van der Waals surface area contributed by atoms with E-state index in [1.165, 1.54) is 19.3 Å². The summed E-state index contributed by atoms with van der Waals surface area (Å²) in [5.41, 5.74) is 0.00920. The van der Waals surface area contributed by atoms with Crippen LogP contribution < -0.4 is 0 Å². The number of thiol groups is 1. The van der Waals surface area contributed by atoms with Crippen molar-refractivity contribution in [2.45, 2.75) is 49.4 Å². The predicted molar refractivity (Wildman–Crippen MR) is 56.7 cm³/mol. The summed E-state index contributed by atoms with van der Waals surface area (Å²) in [5, 5.41) is 0. The standard InChI is InChI=1S/C10H18O3S/c1-11-8-5-10(14)13-9(8)6-12-7-3-2-4-7/h7-10,14H,2-6H2,1H3/t8?,9-,10+/m1/s1.